The van der Waals surface area contributed by atoms with Crippen molar-refractivity contribution in [3.05, 3.63) is 60.4 Å². The molecular weight excluding hydrogens is 364 g/mol. The molecule has 0 saturated carbocycles. The first-order valence-corrected chi connectivity index (χ1v) is 9.61. The van der Waals surface area contributed by atoms with Crippen LogP contribution >= 0.6 is 11.8 Å². The average molecular weight is 387 g/mol. The number of hydrogen-bond acceptors (Lipinski definition) is 4. The highest BCUT2D eigenvalue weighted by Crippen LogP contribution is 2.25. The van der Waals surface area contributed by atoms with E-state index in [0.29, 0.717) is 16.9 Å². The van der Waals surface area contributed by atoms with Crippen molar-refractivity contribution < 1.29 is 24.1 Å². The molecule has 1 heterocycles. The molecule has 2 rings (SSSR count). The Morgan fingerprint density at radius 3 is 2.44 bits per heavy atom. The maximum absolute atomic E-state index is 12.2. The second-order valence-electron chi connectivity index (χ2n) is 5.94. The van der Waals surface area contributed by atoms with E-state index in [2.05, 4.69) is 9.88 Å². The van der Waals surface area contributed by atoms with E-state index in [9.17, 15) is 14.4 Å². The minimum absolute atomic E-state index is 0.0128. The molecule has 0 atom stereocenters. The lowest BCUT2D eigenvalue weighted by Crippen LogP contribution is -2.32. The quantitative estimate of drug-likeness (QED) is 0.372. The molecule has 0 fully saturated rings. The molecule has 2 N–H and O–H groups in total. The summed E-state index contributed by atoms with van der Waals surface area (Å²) in [6, 6.07) is 12.8. The van der Waals surface area contributed by atoms with Gasteiger partial charge < -0.3 is 10.4 Å². The summed E-state index contributed by atoms with van der Waals surface area (Å²) < 4.78 is 2.08. The molecular formula is C20H23N2O4S+. The number of aryl methyl sites for hydroxylation is 1. The molecule has 0 aliphatic rings. The van der Waals surface area contributed by atoms with Gasteiger partial charge in [-0.1, -0.05) is 30.0 Å². The third-order valence-electron chi connectivity index (χ3n) is 3.80. The van der Waals surface area contributed by atoms with Crippen LogP contribution < -0.4 is 9.88 Å². The highest BCUT2D eigenvalue weighted by molar-refractivity contribution is 8.13. The molecule has 0 radical (unpaired) electrons. The number of aliphatic carboxylic acids is 1. The molecule has 142 valence electrons. The first-order valence-electron chi connectivity index (χ1n) is 8.80. The molecule has 0 unspecified atom stereocenters. The van der Waals surface area contributed by atoms with Crippen molar-refractivity contribution in [1.82, 2.24) is 5.32 Å². The van der Waals surface area contributed by atoms with Gasteiger partial charge in [0.25, 0.3) is 5.91 Å². The number of rotatable bonds is 10. The summed E-state index contributed by atoms with van der Waals surface area (Å²) >= 11 is 1.06. The zero-order valence-electron chi connectivity index (χ0n) is 15.0. The number of nitrogens with zero attached hydrogens (tertiary/aromatic N) is 1. The van der Waals surface area contributed by atoms with Gasteiger partial charge in [0.15, 0.2) is 17.5 Å². The Hall–Kier alpha value is -2.67. The van der Waals surface area contributed by atoms with E-state index in [1.807, 2.05) is 30.6 Å². The highest BCUT2D eigenvalue weighted by atomic mass is 32.2. The molecule has 6 nitrogen and oxygen atoms in total. The summed E-state index contributed by atoms with van der Waals surface area (Å²) in [7, 11) is 0. The molecule has 2 aromatic rings. The van der Waals surface area contributed by atoms with Crippen molar-refractivity contribution in [2.24, 2.45) is 0 Å². The zero-order chi connectivity index (χ0) is 19.5. The van der Waals surface area contributed by atoms with Crippen LogP contribution in [0.5, 0.6) is 0 Å². The van der Waals surface area contributed by atoms with Crippen LogP contribution in [0.2, 0.25) is 0 Å². The second-order valence-corrected chi connectivity index (χ2v) is 7.04. The maximum Gasteiger partial charge on any atom is 0.305 e. The van der Waals surface area contributed by atoms with E-state index < -0.39 is 5.97 Å². The smallest absolute Gasteiger partial charge is 0.305 e. The van der Waals surface area contributed by atoms with Gasteiger partial charge in [0.05, 0.1) is 12.0 Å². The fourth-order valence-corrected chi connectivity index (χ4v) is 3.35. The van der Waals surface area contributed by atoms with Gasteiger partial charge in [-0.15, -0.1) is 0 Å². The minimum Gasteiger partial charge on any atom is -0.481 e. The first-order chi connectivity index (χ1) is 13.1. The zero-order valence-corrected chi connectivity index (χ0v) is 15.8. The van der Waals surface area contributed by atoms with Crippen molar-refractivity contribution >= 4 is 28.8 Å². The molecule has 1 aromatic heterocycles. The van der Waals surface area contributed by atoms with Crippen LogP contribution in [0.4, 0.5) is 0 Å². The fourth-order valence-electron chi connectivity index (χ4n) is 2.44. The topological polar surface area (TPSA) is 87.3 Å². The molecule has 0 saturated heterocycles. The van der Waals surface area contributed by atoms with E-state index in [-0.39, 0.29) is 24.0 Å². The number of benzene rings is 1. The number of carbonyl (C=O) groups excluding carboxylic acids is 2. The average Bonchev–Trinajstić information content (AvgIpc) is 2.66. The number of carboxylic acid groups (broad SMARTS) is 1. The van der Waals surface area contributed by atoms with Crippen molar-refractivity contribution in [2.45, 2.75) is 37.1 Å². The van der Waals surface area contributed by atoms with Gasteiger partial charge in [0, 0.05) is 36.4 Å². The standard InChI is InChI=1S/C20H22N2O4S/c23-18(24)11-12-21-20(26)16-8-2-3-9-17(16)27-19(25)10-4-7-15-22-13-5-1-6-14-22/h1-3,5-6,8-9,13-14H,4,7,10-12,15H2,(H-,21,23,24,26)/p+1. The fraction of sp³-hybridized carbons (Fsp3) is 0.300. The number of carbonyl (C=O) groups is 3. The predicted octanol–water partition coefficient (Wildman–Crippen LogP) is 2.67. The Labute approximate surface area is 162 Å². The summed E-state index contributed by atoms with van der Waals surface area (Å²) in [5, 5.41) is 11.2. The van der Waals surface area contributed by atoms with E-state index in [0.717, 1.165) is 31.1 Å². The van der Waals surface area contributed by atoms with E-state index in [4.69, 9.17) is 5.11 Å². The minimum atomic E-state index is -0.971. The molecule has 1 aromatic carbocycles. The lowest BCUT2D eigenvalue weighted by Gasteiger charge is -2.08. The number of carboxylic acids is 1. The highest BCUT2D eigenvalue weighted by Gasteiger charge is 2.14. The molecule has 1 amide bonds. The van der Waals surface area contributed by atoms with Crippen LogP contribution in [-0.2, 0) is 16.1 Å². The first kappa shape index (κ1) is 20.6. The molecule has 7 heteroatoms. The summed E-state index contributed by atoms with van der Waals surface area (Å²) in [6.45, 7) is 0.916. The van der Waals surface area contributed by atoms with E-state index in [1.165, 1.54) is 0 Å². The van der Waals surface area contributed by atoms with Gasteiger partial charge in [-0.2, -0.15) is 0 Å². The van der Waals surface area contributed by atoms with Crippen LogP contribution in [0.15, 0.2) is 59.8 Å². The lowest BCUT2D eigenvalue weighted by molar-refractivity contribution is -0.697. The molecule has 0 aliphatic carbocycles. The van der Waals surface area contributed by atoms with Gasteiger partial charge >= 0.3 is 5.97 Å². The number of nitrogens with one attached hydrogen (secondary N) is 1. The Morgan fingerprint density at radius 2 is 1.70 bits per heavy atom. The Kier molecular flexibility index (Phi) is 8.51. The van der Waals surface area contributed by atoms with Crippen LogP contribution in [0.1, 0.15) is 36.0 Å². The number of thioether (sulfide) groups is 1. The number of pyridine rings is 1. The van der Waals surface area contributed by atoms with Crippen LogP contribution in [-0.4, -0.2) is 28.6 Å². The Bertz CT molecular complexity index is 781. The van der Waals surface area contributed by atoms with Crippen LogP contribution in [0, 0.1) is 0 Å². The van der Waals surface area contributed by atoms with Gasteiger partial charge in [-0.3, -0.25) is 14.4 Å². The lowest BCUT2D eigenvalue weighted by atomic mass is 10.2. The van der Waals surface area contributed by atoms with Crippen LogP contribution in [0.25, 0.3) is 0 Å². The van der Waals surface area contributed by atoms with Gasteiger partial charge in [0.1, 0.15) is 6.54 Å². The largest absolute Gasteiger partial charge is 0.481 e. The van der Waals surface area contributed by atoms with Gasteiger partial charge in [-0.05, 0) is 18.6 Å². The molecule has 0 aliphatic heterocycles. The number of hydrogen-bond donors (Lipinski definition) is 2. The third kappa shape index (κ3) is 7.62. The number of amides is 1. The van der Waals surface area contributed by atoms with Gasteiger partial charge in [0.2, 0.25) is 0 Å². The van der Waals surface area contributed by atoms with Crippen LogP contribution in [0.3, 0.4) is 0 Å². The van der Waals surface area contributed by atoms with Gasteiger partial charge in [-0.25, -0.2) is 4.57 Å². The Morgan fingerprint density at radius 1 is 0.963 bits per heavy atom. The molecule has 27 heavy (non-hydrogen) atoms. The van der Waals surface area contributed by atoms with E-state index in [1.54, 1.807) is 24.3 Å². The Balaban J connectivity index is 1.81. The van der Waals surface area contributed by atoms with E-state index >= 15 is 0 Å². The second kappa shape index (κ2) is 11.1. The summed E-state index contributed by atoms with van der Waals surface area (Å²) in [5.74, 6) is -1.34. The SMILES string of the molecule is O=C(O)CCNC(=O)c1ccccc1SC(=O)CCCC[n+]1ccccc1. The maximum atomic E-state index is 12.2. The normalized spacial score (nSPS) is 10.4. The molecule has 0 bridgehead atoms. The van der Waals surface area contributed by atoms with Crippen molar-refractivity contribution in [3.63, 3.8) is 0 Å². The summed E-state index contributed by atoms with van der Waals surface area (Å²) in [5.41, 5.74) is 0.390. The van der Waals surface area contributed by atoms with Crippen molar-refractivity contribution in [2.75, 3.05) is 6.54 Å². The predicted molar refractivity (Wildman–Crippen MR) is 102 cm³/mol. The summed E-state index contributed by atoms with van der Waals surface area (Å²) in [4.78, 5) is 35.6. The van der Waals surface area contributed by atoms with Crippen molar-refractivity contribution in [3.8, 4) is 0 Å². The van der Waals surface area contributed by atoms with Crippen molar-refractivity contribution in [1.29, 1.82) is 0 Å². The number of unbranched alkanes of at least 4 members (excludes halogenated alkanes) is 1. The molecule has 0 spiro atoms. The monoisotopic (exact) mass is 387 g/mol. The summed E-state index contributed by atoms with van der Waals surface area (Å²) in [6.07, 6.45) is 5.97. The number of aromatic nitrogens is 1. The third-order valence-corrected chi connectivity index (χ3v) is 4.81.